The van der Waals surface area contributed by atoms with Crippen LogP contribution in [0.15, 0.2) is 6.20 Å². The number of nitrogens with one attached hydrogen (secondary N) is 2. The van der Waals surface area contributed by atoms with Crippen LogP contribution in [0.4, 0.5) is 0 Å². The Labute approximate surface area is 114 Å². The molecular formula is C14H25N3S. The van der Waals surface area contributed by atoms with Crippen molar-refractivity contribution in [1.29, 1.82) is 0 Å². The van der Waals surface area contributed by atoms with Crippen molar-refractivity contribution in [2.45, 2.75) is 52.1 Å². The third kappa shape index (κ3) is 4.04. The lowest BCUT2D eigenvalue weighted by Gasteiger charge is -2.29. The molecule has 1 saturated heterocycles. The van der Waals surface area contributed by atoms with Crippen LogP contribution in [0.1, 0.15) is 43.0 Å². The van der Waals surface area contributed by atoms with Gasteiger partial charge >= 0.3 is 0 Å². The molecule has 0 amide bonds. The maximum Gasteiger partial charge on any atom is 0.107 e. The molecule has 1 aliphatic heterocycles. The van der Waals surface area contributed by atoms with Gasteiger partial charge in [0.2, 0.25) is 0 Å². The van der Waals surface area contributed by atoms with E-state index < -0.39 is 0 Å². The largest absolute Gasteiger partial charge is 0.313 e. The van der Waals surface area contributed by atoms with Crippen molar-refractivity contribution >= 4 is 11.3 Å². The molecule has 102 valence electrons. The second-order valence-electron chi connectivity index (χ2n) is 5.15. The topological polar surface area (TPSA) is 37.0 Å². The molecule has 2 unspecified atom stereocenters. The van der Waals surface area contributed by atoms with Crippen molar-refractivity contribution in [3.05, 3.63) is 16.1 Å². The van der Waals surface area contributed by atoms with E-state index in [0.29, 0.717) is 6.04 Å². The molecule has 2 N–H and O–H groups in total. The Morgan fingerprint density at radius 1 is 1.50 bits per heavy atom. The molecule has 2 rings (SSSR count). The van der Waals surface area contributed by atoms with Crippen molar-refractivity contribution in [1.82, 2.24) is 15.6 Å². The molecule has 0 spiro atoms. The number of piperidine rings is 1. The summed E-state index contributed by atoms with van der Waals surface area (Å²) in [6, 6.07) is 0.648. The molecule has 0 radical (unpaired) electrons. The molecule has 2 atom stereocenters. The number of thiazole rings is 1. The number of nitrogens with zero attached hydrogens (tertiary/aromatic N) is 1. The number of hydrogen-bond donors (Lipinski definition) is 2. The molecule has 4 heteroatoms. The van der Waals surface area contributed by atoms with Crippen LogP contribution in [0.2, 0.25) is 0 Å². The van der Waals surface area contributed by atoms with Crippen LogP contribution in [0.25, 0.3) is 0 Å². The smallest absolute Gasteiger partial charge is 0.107 e. The fourth-order valence-electron chi connectivity index (χ4n) is 2.57. The molecule has 0 aliphatic carbocycles. The fourth-order valence-corrected chi connectivity index (χ4v) is 3.40. The van der Waals surface area contributed by atoms with Crippen LogP contribution >= 0.6 is 11.3 Å². The first-order chi connectivity index (χ1) is 8.81. The number of rotatable bonds is 6. The van der Waals surface area contributed by atoms with E-state index >= 15 is 0 Å². The van der Waals surface area contributed by atoms with Crippen LogP contribution in [0.3, 0.4) is 0 Å². The van der Waals surface area contributed by atoms with E-state index in [2.05, 4.69) is 29.5 Å². The average molecular weight is 267 g/mol. The van der Waals surface area contributed by atoms with Crippen LogP contribution in [0.5, 0.6) is 0 Å². The predicted octanol–water partition coefficient (Wildman–Crippen LogP) is 2.57. The zero-order valence-corrected chi connectivity index (χ0v) is 12.4. The van der Waals surface area contributed by atoms with E-state index in [1.165, 1.54) is 35.7 Å². The van der Waals surface area contributed by atoms with Gasteiger partial charge < -0.3 is 10.6 Å². The SMILES string of the molecule is CCc1cnc(CNCC2CC(CC)CCN2)s1. The monoisotopic (exact) mass is 267 g/mol. The Morgan fingerprint density at radius 2 is 2.39 bits per heavy atom. The number of aromatic nitrogens is 1. The van der Waals surface area contributed by atoms with E-state index in [9.17, 15) is 0 Å². The normalized spacial score (nSPS) is 24.3. The Hall–Kier alpha value is -0.450. The zero-order valence-electron chi connectivity index (χ0n) is 11.5. The Balaban J connectivity index is 1.68. The molecule has 1 fully saturated rings. The summed E-state index contributed by atoms with van der Waals surface area (Å²) in [4.78, 5) is 5.82. The highest BCUT2D eigenvalue weighted by atomic mass is 32.1. The molecule has 1 aromatic heterocycles. The minimum atomic E-state index is 0.648. The first-order valence-electron chi connectivity index (χ1n) is 7.19. The van der Waals surface area contributed by atoms with Crippen molar-refractivity contribution in [3.8, 4) is 0 Å². The highest BCUT2D eigenvalue weighted by Gasteiger charge is 2.19. The fraction of sp³-hybridized carbons (Fsp3) is 0.786. The van der Waals surface area contributed by atoms with E-state index in [1.807, 2.05) is 17.5 Å². The minimum Gasteiger partial charge on any atom is -0.313 e. The summed E-state index contributed by atoms with van der Waals surface area (Å²) in [5.74, 6) is 0.921. The number of hydrogen-bond acceptors (Lipinski definition) is 4. The molecule has 2 heterocycles. The van der Waals surface area contributed by atoms with Gasteiger partial charge in [-0.3, -0.25) is 0 Å². The van der Waals surface area contributed by atoms with E-state index in [4.69, 9.17) is 0 Å². The first-order valence-corrected chi connectivity index (χ1v) is 8.01. The van der Waals surface area contributed by atoms with Gasteiger partial charge in [-0.2, -0.15) is 0 Å². The summed E-state index contributed by atoms with van der Waals surface area (Å²) >= 11 is 1.83. The third-order valence-corrected chi connectivity index (χ3v) is 4.94. The van der Waals surface area contributed by atoms with Crippen molar-refractivity contribution in [2.24, 2.45) is 5.92 Å². The highest BCUT2D eigenvalue weighted by Crippen LogP contribution is 2.19. The predicted molar refractivity (Wildman–Crippen MR) is 78.0 cm³/mol. The lowest BCUT2D eigenvalue weighted by atomic mass is 9.90. The van der Waals surface area contributed by atoms with Gasteiger partial charge in [0, 0.05) is 30.2 Å². The summed E-state index contributed by atoms with van der Waals surface area (Å²) in [7, 11) is 0. The molecule has 0 bridgehead atoms. The summed E-state index contributed by atoms with van der Waals surface area (Å²) in [6.07, 6.45) is 7.10. The quantitative estimate of drug-likeness (QED) is 0.832. The van der Waals surface area contributed by atoms with E-state index in [-0.39, 0.29) is 0 Å². The lowest BCUT2D eigenvalue weighted by molar-refractivity contribution is 0.288. The number of aryl methyl sites for hydroxylation is 1. The summed E-state index contributed by atoms with van der Waals surface area (Å²) in [5.41, 5.74) is 0. The summed E-state index contributed by atoms with van der Waals surface area (Å²) < 4.78 is 0. The van der Waals surface area contributed by atoms with Crippen LogP contribution < -0.4 is 10.6 Å². The maximum absolute atomic E-state index is 4.44. The lowest BCUT2D eigenvalue weighted by Crippen LogP contribution is -2.44. The minimum absolute atomic E-state index is 0.648. The van der Waals surface area contributed by atoms with Crippen molar-refractivity contribution < 1.29 is 0 Å². The molecule has 0 saturated carbocycles. The Bertz CT molecular complexity index is 351. The second-order valence-corrected chi connectivity index (χ2v) is 6.35. The van der Waals surface area contributed by atoms with Crippen LogP contribution in [-0.4, -0.2) is 24.1 Å². The van der Waals surface area contributed by atoms with Crippen LogP contribution in [0, 0.1) is 5.92 Å². The summed E-state index contributed by atoms with van der Waals surface area (Å²) in [6.45, 7) is 7.66. The van der Waals surface area contributed by atoms with Gasteiger partial charge in [-0.15, -0.1) is 11.3 Å². The van der Waals surface area contributed by atoms with Gasteiger partial charge in [-0.05, 0) is 31.7 Å². The van der Waals surface area contributed by atoms with Gasteiger partial charge in [0.1, 0.15) is 5.01 Å². The van der Waals surface area contributed by atoms with Gasteiger partial charge in [-0.1, -0.05) is 20.3 Å². The zero-order chi connectivity index (χ0) is 12.8. The van der Waals surface area contributed by atoms with Crippen LogP contribution in [-0.2, 0) is 13.0 Å². The maximum atomic E-state index is 4.44. The van der Waals surface area contributed by atoms with Gasteiger partial charge in [0.15, 0.2) is 0 Å². The molecule has 3 nitrogen and oxygen atoms in total. The second kappa shape index (κ2) is 7.22. The molecule has 0 aromatic carbocycles. The molecule has 18 heavy (non-hydrogen) atoms. The first kappa shape index (κ1) is 14.0. The highest BCUT2D eigenvalue weighted by molar-refractivity contribution is 7.11. The summed E-state index contributed by atoms with van der Waals surface area (Å²) in [5, 5.41) is 8.36. The van der Waals surface area contributed by atoms with Crippen molar-refractivity contribution in [3.63, 3.8) is 0 Å². The van der Waals surface area contributed by atoms with E-state index in [1.54, 1.807) is 0 Å². The van der Waals surface area contributed by atoms with Crippen molar-refractivity contribution in [2.75, 3.05) is 13.1 Å². The van der Waals surface area contributed by atoms with Gasteiger partial charge in [0.25, 0.3) is 0 Å². The van der Waals surface area contributed by atoms with Gasteiger partial charge in [-0.25, -0.2) is 4.98 Å². The third-order valence-electron chi connectivity index (χ3n) is 3.80. The van der Waals surface area contributed by atoms with E-state index in [0.717, 1.165) is 25.4 Å². The molecule has 1 aromatic rings. The Kier molecular flexibility index (Phi) is 5.60. The molecule has 1 aliphatic rings. The standard InChI is InChI=1S/C14H25N3S/c1-3-11-5-6-16-12(7-11)8-15-10-14-17-9-13(4-2)18-14/h9,11-12,15-16H,3-8,10H2,1-2H3. The molecular weight excluding hydrogens is 242 g/mol. The Morgan fingerprint density at radius 3 is 3.11 bits per heavy atom. The average Bonchev–Trinajstić information content (AvgIpc) is 2.87. The van der Waals surface area contributed by atoms with Gasteiger partial charge in [0.05, 0.1) is 0 Å².